The quantitative estimate of drug-likeness (QED) is 0.148. The monoisotopic (exact) mass is 1220 g/mol. The van der Waals surface area contributed by atoms with E-state index in [9.17, 15) is 0 Å². The van der Waals surface area contributed by atoms with Gasteiger partial charge in [-0.3, -0.25) is 0 Å². The summed E-state index contributed by atoms with van der Waals surface area (Å²) in [5.41, 5.74) is 19.3. The first-order valence-electron chi connectivity index (χ1n) is 33.1. The highest BCUT2D eigenvalue weighted by atomic mass is 15.0. The fourth-order valence-electron chi connectivity index (χ4n) is 15.9. The van der Waals surface area contributed by atoms with Crippen molar-refractivity contribution in [3.05, 3.63) is 352 Å². The van der Waals surface area contributed by atoms with Gasteiger partial charge in [-0.2, -0.15) is 0 Å². The van der Waals surface area contributed by atoms with Crippen molar-refractivity contribution in [1.29, 1.82) is 0 Å². The Hall–Kier alpha value is -12.8. The van der Waals surface area contributed by atoms with E-state index in [2.05, 4.69) is 370 Å². The number of fused-ring (bicyclic) bond motifs is 19. The molecule has 17 aromatic carbocycles. The van der Waals surface area contributed by atoms with E-state index in [1.54, 1.807) is 0 Å². The van der Waals surface area contributed by atoms with Gasteiger partial charge in [0.25, 0.3) is 0 Å². The van der Waals surface area contributed by atoms with Crippen LogP contribution in [0, 0.1) is 0 Å². The zero-order valence-corrected chi connectivity index (χ0v) is 52.3. The molecule has 21 aromatic rings. The van der Waals surface area contributed by atoms with Crippen LogP contribution in [0.2, 0.25) is 0 Å². The lowest BCUT2D eigenvalue weighted by molar-refractivity contribution is 1.18. The first-order valence-corrected chi connectivity index (χ1v) is 33.1. The van der Waals surface area contributed by atoms with Crippen LogP contribution in [-0.2, 0) is 0 Å². The Kier molecular flexibility index (Phi) is 12.0. The van der Waals surface area contributed by atoms with Crippen LogP contribution in [0.1, 0.15) is 0 Å². The summed E-state index contributed by atoms with van der Waals surface area (Å²) >= 11 is 0. The van der Waals surface area contributed by atoms with Crippen molar-refractivity contribution in [3.8, 4) is 45.0 Å². The van der Waals surface area contributed by atoms with Gasteiger partial charge in [-0.05, 0) is 197 Å². The Morgan fingerprint density at radius 1 is 0.125 bits per heavy atom. The Bertz CT molecular complexity index is 6770. The number of benzene rings is 17. The van der Waals surface area contributed by atoms with E-state index < -0.39 is 0 Å². The van der Waals surface area contributed by atoms with Crippen molar-refractivity contribution in [2.24, 2.45) is 0 Å². The molecule has 0 aliphatic carbocycles. The Morgan fingerprint density at radius 2 is 0.385 bits per heavy atom. The molecule has 4 aromatic heterocycles. The molecule has 21 rings (SSSR count). The second-order valence-electron chi connectivity index (χ2n) is 25.6. The molecule has 0 unspecified atom stereocenters. The normalized spacial score (nSPS) is 12.0. The summed E-state index contributed by atoms with van der Waals surface area (Å²) in [5, 5.41) is 22.8. The predicted octanol–water partition coefficient (Wildman–Crippen LogP) is 24.9. The lowest BCUT2D eigenvalue weighted by atomic mass is 10.0. The van der Waals surface area contributed by atoms with Crippen LogP contribution in [0.3, 0.4) is 0 Å². The summed E-state index contributed by atoms with van der Waals surface area (Å²) < 4.78 is 9.62. The average molecular weight is 1220 g/mol. The molecule has 0 aliphatic rings. The number of hydrogen-bond acceptors (Lipinski definition) is 0. The summed E-state index contributed by atoms with van der Waals surface area (Å²) in [6.07, 6.45) is 0. The third kappa shape index (κ3) is 8.42. The lowest BCUT2D eigenvalue weighted by Crippen LogP contribution is -1.94. The van der Waals surface area contributed by atoms with Crippen molar-refractivity contribution >= 4 is 141 Å². The lowest BCUT2D eigenvalue weighted by Gasteiger charge is -2.11. The van der Waals surface area contributed by atoms with Crippen molar-refractivity contribution in [3.63, 3.8) is 0 Å². The van der Waals surface area contributed by atoms with Gasteiger partial charge in [-0.15, -0.1) is 0 Å². The molecular formula is C92H58N4. The standard InChI is InChI=1S/C48H30N2.C44H28N2/c1-2-11-33-27-37(22-19-31(33)9-1)49-45-15-7-5-13-41(45)43-29-34(20-25-47(43)49)35-21-26-48-44(30-35)42-14-6-8-16-46(42)50(48)38-23-24-40-36(28-38)18-17-32-10-3-4-12-39(32)40;1-2-11-33(12-3-1)45-41-16-8-6-14-37(41)39-27-30(20-24-43(39)45)31-21-25-44-40(28-31)38-15-7-9-17-42(38)46(44)34-22-23-36-32(26-34)19-18-29-10-4-5-13-35(29)36/h1-30H;1-28H. The molecule has 0 atom stereocenters. The predicted molar refractivity (Wildman–Crippen MR) is 409 cm³/mol. The number of nitrogens with zero attached hydrogens (tertiary/aromatic N) is 4. The molecule has 0 radical (unpaired) electrons. The smallest absolute Gasteiger partial charge is 0.0541 e. The molecule has 96 heavy (non-hydrogen) atoms. The maximum absolute atomic E-state index is 2.42. The average Bonchev–Trinajstić information content (AvgIpc) is 1.57. The fourth-order valence-corrected chi connectivity index (χ4v) is 15.9. The summed E-state index contributed by atoms with van der Waals surface area (Å²) in [5.74, 6) is 0. The van der Waals surface area contributed by atoms with Gasteiger partial charge in [0, 0.05) is 65.8 Å². The van der Waals surface area contributed by atoms with Crippen LogP contribution >= 0.6 is 0 Å². The first kappa shape index (κ1) is 53.9. The SMILES string of the molecule is c1ccc(-n2c3ccccc3c3cc(-c4ccc5c(c4)c4ccccc4n5-c4ccc5c(ccc6ccccc65)c4)ccc32)cc1.c1ccc2cc(-n3c4ccccc4c4cc(-c5ccc6c(c5)c5ccccc5n6-c5ccc6c(ccc7ccccc76)c5)ccc43)ccc2c1. The molecule has 4 heterocycles. The van der Waals surface area contributed by atoms with Gasteiger partial charge in [0.2, 0.25) is 0 Å². The molecule has 0 saturated carbocycles. The van der Waals surface area contributed by atoms with Crippen molar-refractivity contribution in [2.75, 3.05) is 0 Å². The number of para-hydroxylation sites is 5. The minimum absolute atomic E-state index is 1.18. The van der Waals surface area contributed by atoms with E-state index in [-0.39, 0.29) is 0 Å². The zero-order chi connectivity index (χ0) is 63.0. The molecule has 0 bridgehead atoms. The highest BCUT2D eigenvalue weighted by Crippen LogP contribution is 2.43. The van der Waals surface area contributed by atoms with Gasteiger partial charge >= 0.3 is 0 Å². The maximum atomic E-state index is 2.42. The van der Waals surface area contributed by atoms with Crippen molar-refractivity contribution in [1.82, 2.24) is 18.3 Å². The Labute approximate surface area is 552 Å². The fraction of sp³-hybridized carbons (Fsp3) is 0. The first-order chi connectivity index (χ1) is 47.6. The van der Waals surface area contributed by atoms with Crippen LogP contribution < -0.4 is 0 Å². The van der Waals surface area contributed by atoms with Crippen LogP contribution in [0.25, 0.3) is 186 Å². The molecule has 4 nitrogen and oxygen atoms in total. The van der Waals surface area contributed by atoms with Crippen molar-refractivity contribution < 1.29 is 0 Å². The third-order valence-corrected chi connectivity index (χ3v) is 20.3. The van der Waals surface area contributed by atoms with E-state index in [1.165, 1.54) is 186 Å². The molecule has 0 spiro atoms. The van der Waals surface area contributed by atoms with Crippen LogP contribution in [-0.4, -0.2) is 18.3 Å². The van der Waals surface area contributed by atoms with Gasteiger partial charge in [0.1, 0.15) is 0 Å². The molecule has 0 N–H and O–H groups in total. The summed E-state index contributed by atoms with van der Waals surface area (Å²) in [7, 11) is 0. The number of rotatable bonds is 6. The van der Waals surface area contributed by atoms with Crippen molar-refractivity contribution in [2.45, 2.75) is 0 Å². The van der Waals surface area contributed by atoms with E-state index >= 15 is 0 Å². The minimum Gasteiger partial charge on any atom is -0.309 e. The highest BCUT2D eigenvalue weighted by molar-refractivity contribution is 6.16. The minimum atomic E-state index is 1.18. The molecule has 0 aliphatic heterocycles. The zero-order valence-electron chi connectivity index (χ0n) is 52.3. The summed E-state index contributed by atoms with van der Waals surface area (Å²) in [4.78, 5) is 0. The topological polar surface area (TPSA) is 19.7 Å². The van der Waals surface area contributed by atoms with Gasteiger partial charge < -0.3 is 18.3 Å². The summed E-state index contributed by atoms with van der Waals surface area (Å²) in [6, 6.07) is 129. The Morgan fingerprint density at radius 3 is 0.781 bits per heavy atom. The number of aromatic nitrogens is 4. The summed E-state index contributed by atoms with van der Waals surface area (Å²) in [6.45, 7) is 0. The van der Waals surface area contributed by atoms with E-state index in [1.807, 2.05) is 0 Å². The van der Waals surface area contributed by atoms with Gasteiger partial charge in [-0.25, -0.2) is 0 Å². The molecule has 0 saturated heterocycles. The molecule has 4 heteroatoms. The molecule has 0 fully saturated rings. The van der Waals surface area contributed by atoms with Crippen LogP contribution in [0.5, 0.6) is 0 Å². The second-order valence-corrected chi connectivity index (χ2v) is 25.6. The van der Waals surface area contributed by atoms with E-state index in [0.29, 0.717) is 0 Å². The van der Waals surface area contributed by atoms with Gasteiger partial charge in [0.05, 0.1) is 44.1 Å². The highest BCUT2D eigenvalue weighted by Gasteiger charge is 2.20. The molecule has 446 valence electrons. The van der Waals surface area contributed by atoms with Crippen LogP contribution in [0.15, 0.2) is 352 Å². The maximum Gasteiger partial charge on any atom is 0.0541 e. The largest absolute Gasteiger partial charge is 0.309 e. The van der Waals surface area contributed by atoms with E-state index in [0.717, 1.165) is 0 Å². The third-order valence-electron chi connectivity index (χ3n) is 20.3. The molecular weight excluding hydrogens is 1160 g/mol. The van der Waals surface area contributed by atoms with E-state index in [4.69, 9.17) is 0 Å². The molecule has 0 amide bonds. The van der Waals surface area contributed by atoms with Gasteiger partial charge in [-0.1, -0.05) is 231 Å². The second kappa shape index (κ2) is 21.4. The van der Waals surface area contributed by atoms with Gasteiger partial charge in [0.15, 0.2) is 0 Å². The number of hydrogen-bond donors (Lipinski definition) is 0. The van der Waals surface area contributed by atoms with Crippen LogP contribution in [0.4, 0.5) is 0 Å². The Balaban J connectivity index is 0.000000132.